The van der Waals surface area contributed by atoms with E-state index in [0.717, 1.165) is 25.7 Å². The van der Waals surface area contributed by atoms with Crippen LogP contribution in [0.2, 0.25) is 0 Å². The Morgan fingerprint density at radius 1 is 1.33 bits per heavy atom. The Kier molecular flexibility index (Phi) is 3.93. The first-order chi connectivity index (χ1) is 6.85. The van der Waals surface area contributed by atoms with Gasteiger partial charge in [-0.1, -0.05) is 19.8 Å². The van der Waals surface area contributed by atoms with Crippen molar-refractivity contribution in [3.63, 3.8) is 0 Å². The van der Waals surface area contributed by atoms with Gasteiger partial charge in [-0.15, -0.1) is 0 Å². The molecule has 0 aromatic carbocycles. The Morgan fingerprint density at radius 3 is 2.40 bits per heavy atom. The zero-order valence-electron chi connectivity index (χ0n) is 9.69. The summed E-state index contributed by atoms with van der Waals surface area (Å²) in [5, 5.41) is -1.12. The first-order valence-corrected chi connectivity index (χ1v) is 7.19. The van der Waals surface area contributed by atoms with Gasteiger partial charge in [0.15, 0.2) is 9.84 Å². The maximum absolute atomic E-state index is 12.1. The number of carbonyl (C=O) groups is 1. The number of Topliss-reactive ketones (excluding diaryl/α,β-unsaturated/α-hetero) is 1. The first-order valence-electron chi connectivity index (χ1n) is 5.59. The third kappa shape index (κ3) is 2.80. The van der Waals surface area contributed by atoms with Crippen LogP contribution >= 0.6 is 0 Å². The van der Waals surface area contributed by atoms with Gasteiger partial charge in [0.25, 0.3) is 0 Å². The summed E-state index contributed by atoms with van der Waals surface area (Å²) in [6, 6.07) is 0. The van der Waals surface area contributed by atoms with Crippen molar-refractivity contribution in [3.8, 4) is 0 Å². The van der Waals surface area contributed by atoms with E-state index in [9.17, 15) is 13.2 Å². The highest BCUT2D eigenvalue weighted by Crippen LogP contribution is 2.30. The lowest BCUT2D eigenvalue weighted by molar-refractivity contribution is -0.116. The molecule has 0 saturated heterocycles. The molecule has 1 aliphatic rings. The normalized spacial score (nSPS) is 29.8. The number of hydrogen-bond donors (Lipinski definition) is 0. The molecule has 0 aromatic heterocycles. The van der Waals surface area contributed by atoms with Gasteiger partial charge in [0, 0.05) is 0 Å². The van der Waals surface area contributed by atoms with Crippen LogP contribution in [0.1, 0.15) is 46.5 Å². The standard InChI is InChI=1S/C11H20O3S/c1-8-5-4-6-11(7-8)15(13,14)10(3)9(2)12/h8,10-11H,4-7H2,1-3H3. The van der Waals surface area contributed by atoms with Crippen LogP contribution in [0.5, 0.6) is 0 Å². The van der Waals surface area contributed by atoms with E-state index in [1.165, 1.54) is 13.8 Å². The Labute approximate surface area is 92.2 Å². The summed E-state index contributed by atoms with van der Waals surface area (Å²) in [6.07, 6.45) is 3.53. The van der Waals surface area contributed by atoms with Gasteiger partial charge >= 0.3 is 0 Å². The fourth-order valence-electron chi connectivity index (χ4n) is 2.20. The number of sulfone groups is 1. The van der Waals surface area contributed by atoms with Gasteiger partial charge in [-0.3, -0.25) is 4.79 Å². The van der Waals surface area contributed by atoms with E-state index in [1.807, 2.05) is 0 Å². The molecule has 3 unspecified atom stereocenters. The maximum atomic E-state index is 12.1. The molecule has 1 rings (SSSR count). The SMILES string of the molecule is CC(=O)C(C)S(=O)(=O)C1CCCC(C)C1. The summed E-state index contributed by atoms with van der Waals surface area (Å²) in [4.78, 5) is 11.1. The van der Waals surface area contributed by atoms with E-state index in [-0.39, 0.29) is 11.0 Å². The number of carbonyl (C=O) groups excluding carboxylic acids is 1. The lowest BCUT2D eigenvalue weighted by Crippen LogP contribution is -2.37. The van der Waals surface area contributed by atoms with Gasteiger partial charge in [-0.05, 0) is 32.6 Å². The predicted molar refractivity (Wildman–Crippen MR) is 60.5 cm³/mol. The topological polar surface area (TPSA) is 51.2 Å². The molecule has 0 amide bonds. The van der Waals surface area contributed by atoms with E-state index >= 15 is 0 Å². The predicted octanol–water partition coefficient (Wildman–Crippen LogP) is 1.96. The zero-order chi connectivity index (χ0) is 11.6. The van der Waals surface area contributed by atoms with Crippen LogP contribution < -0.4 is 0 Å². The smallest absolute Gasteiger partial charge is 0.162 e. The van der Waals surface area contributed by atoms with Crippen molar-refractivity contribution in [1.82, 2.24) is 0 Å². The molecule has 4 heteroatoms. The van der Waals surface area contributed by atoms with Crippen molar-refractivity contribution in [2.75, 3.05) is 0 Å². The molecule has 1 aliphatic carbocycles. The van der Waals surface area contributed by atoms with Crippen LogP contribution in [0.25, 0.3) is 0 Å². The second-order valence-electron chi connectivity index (χ2n) is 4.74. The molecule has 15 heavy (non-hydrogen) atoms. The molecule has 88 valence electrons. The van der Waals surface area contributed by atoms with Crippen molar-refractivity contribution in [2.24, 2.45) is 5.92 Å². The van der Waals surface area contributed by atoms with Gasteiger partial charge in [-0.2, -0.15) is 0 Å². The fraction of sp³-hybridized carbons (Fsp3) is 0.909. The van der Waals surface area contributed by atoms with E-state index in [2.05, 4.69) is 6.92 Å². The van der Waals surface area contributed by atoms with Crippen molar-refractivity contribution >= 4 is 15.6 Å². The summed E-state index contributed by atoms with van der Waals surface area (Å²) in [5.41, 5.74) is 0. The molecule has 3 atom stereocenters. The second-order valence-corrected chi connectivity index (χ2v) is 7.29. The second kappa shape index (κ2) is 4.64. The average molecular weight is 232 g/mol. The summed E-state index contributed by atoms with van der Waals surface area (Å²) in [6.45, 7) is 4.95. The van der Waals surface area contributed by atoms with Crippen LogP contribution in [0, 0.1) is 5.92 Å². The van der Waals surface area contributed by atoms with Crippen LogP contribution in [0.4, 0.5) is 0 Å². The first kappa shape index (κ1) is 12.7. The van der Waals surface area contributed by atoms with Crippen molar-refractivity contribution in [3.05, 3.63) is 0 Å². The van der Waals surface area contributed by atoms with Gasteiger partial charge < -0.3 is 0 Å². The van der Waals surface area contributed by atoms with Crippen LogP contribution in [0.3, 0.4) is 0 Å². The molecule has 1 saturated carbocycles. The minimum absolute atomic E-state index is 0.242. The number of rotatable bonds is 3. The summed E-state index contributed by atoms with van der Waals surface area (Å²) in [7, 11) is -3.24. The molecule has 0 heterocycles. The molecule has 0 N–H and O–H groups in total. The molecule has 1 fully saturated rings. The van der Waals surface area contributed by atoms with Gasteiger partial charge in [0.05, 0.1) is 5.25 Å². The van der Waals surface area contributed by atoms with Crippen LogP contribution in [-0.2, 0) is 14.6 Å². The third-order valence-electron chi connectivity index (χ3n) is 3.42. The third-order valence-corrected chi connectivity index (χ3v) is 6.09. The average Bonchev–Trinajstić information content (AvgIpc) is 2.16. The van der Waals surface area contributed by atoms with Gasteiger partial charge in [-0.25, -0.2) is 8.42 Å². The van der Waals surface area contributed by atoms with Crippen molar-refractivity contribution in [2.45, 2.75) is 57.0 Å². The molecular weight excluding hydrogens is 212 g/mol. The molecule has 0 aliphatic heterocycles. The number of hydrogen-bond acceptors (Lipinski definition) is 3. The largest absolute Gasteiger partial charge is 0.299 e. The lowest BCUT2D eigenvalue weighted by atomic mass is 9.91. The lowest BCUT2D eigenvalue weighted by Gasteiger charge is -2.28. The summed E-state index contributed by atoms with van der Waals surface area (Å²) >= 11 is 0. The van der Waals surface area contributed by atoms with Gasteiger partial charge in [0.2, 0.25) is 0 Å². The molecular formula is C11H20O3S. The molecule has 0 aromatic rings. The van der Waals surface area contributed by atoms with Crippen LogP contribution in [-0.4, -0.2) is 24.7 Å². The Balaban J connectivity index is 2.81. The van der Waals surface area contributed by atoms with Crippen molar-refractivity contribution in [1.29, 1.82) is 0 Å². The van der Waals surface area contributed by atoms with Crippen LogP contribution in [0.15, 0.2) is 0 Å². The van der Waals surface area contributed by atoms with E-state index in [0.29, 0.717) is 5.92 Å². The Morgan fingerprint density at radius 2 is 1.93 bits per heavy atom. The monoisotopic (exact) mass is 232 g/mol. The van der Waals surface area contributed by atoms with Gasteiger partial charge in [0.1, 0.15) is 11.0 Å². The number of ketones is 1. The summed E-state index contributed by atoms with van der Waals surface area (Å²) in [5.74, 6) is 0.228. The quantitative estimate of drug-likeness (QED) is 0.747. The summed E-state index contributed by atoms with van der Waals surface area (Å²) < 4.78 is 24.1. The minimum Gasteiger partial charge on any atom is -0.299 e. The highest BCUT2D eigenvalue weighted by Gasteiger charge is 2.35. The molecule has 0 spiro atoms. The van der Waals surface area contributed by atoms with Crippen molar-refractivity contribution < 1.29 is 13.2 Å². The molecule has 0 bridgehead atoms. The van der Waals surface area contributed by atoms with E-state index in [4.69, 9.17) is 0 Å². The fourth-order valence-corrected chi connectivity index (χ4v) is 4.33. The zero-order valence-corrected chi connectivity index (χ0v) is 10.5. The Bertz CT molecular complexity index is 332. The highest BCUT2D eigenvalue weighted by atomic mass is 32.2. The Hall–Kier alpha value is -0.380. The molecule has 0 radical (unpaired) electrons. The minimum atomic E-state index is -3.24. The van der Waals surface area contributed by atoms with E-state index < -0.39 is 15.1 Å². The van der Waals surface area contributed by atoms with E-state index in [1.54, 1.807) is 0 Å². The highest BCUT2D eigenvalue weighted by molar-refractivity contribution is 7.93. The molecule has 3 nitrogen and oxygen atoms in total. The maximum Gasteiger partial charge on any atom is 0.162 e.